The molecule has 10 nitrogen and oxygen atoms in total. The molecule has 166 valence electrons. The number of nitrogens with two attached hydrogens (primary N) is 2. The highest BCUT2D eigenvalue weighted by Crippen LogP contribution is 2.56. The van der Waals surface area contributed by atoms with E-state index in [1.54, 1.807) is 13.0 Å². The molecule has 4 rings (SSSR count). The summed E-state index contributed by atoms with van der Waals surface area (Å²) in [5.41, 5.74) is 6.45. The summed E-state index contributed by atoms with van der Waals surface area (Å²) in [5.74, 6) is -10.3. The standard InChI is InChI=1S/C21H24N2O8/c1-6-7-4-3-5-8(24)10(7)13(25)11-9(6)14(26)15-20(2,23)16(27)12(19(22)30)18(29)21(15,31)17(11)28/h3-6,9,12,14-16,24,26-28,31H,23H2,1-2H3,(H2,22,30)/t6?,9?,12?,14?,15?,16?,20-,21?/m0/s1. The van der Waals surface area contributed by atoms with E-state index in [0.717, 1.165) is 0 Å². The molecule has 10 heteroatoms. The van der Waals surface area contributed by atoms with Crippen molar-refractivity contribution in [1.29, 1.82) is 0 Å². The molecule has 1 fully saturated rings. The van der Waals surface area contributed by atoms with E-state index in [4.69, 9.17) is 11.5 Å². The second-order valence-corrected chi connectivity index (χ2v) is 8.94. The van der Waals surface area contributed by atoms with Gasteiger partial charge in [-0.3, -0.25) is 14.4 Å². The zero-order chi connectivity index (χ0) is 23.2. The van der Waals surface area contributed by atoms with Gasteiger partial charge in [0.25, 0.3) is 0 Å². The summed E-state index contributed by atoms with van der Waals surface area (Å²) in [5, 5.41) is 54.6. The average Bonchev–Trinajstić information content (AvgIpc) is 2.67. The number of aliphatic hydroxyl groups is 4. The van der Waals surface area contributed by atoms with E-state index in [1.807, 2.05) is 0 Å². The minimum Gasteiger partial charge on any atom is -0.508 e. The van der Waals surface area contributed by atoms with Crippen molar-refractivity contribution in [3.8, 4) is 5.75 Å². The number of primary amides is 1. The van der Waals surface area contributed by atoms with Gasteiger partial charge >= 0.3 is 0 Å². The van der Waals surface area contributed by atoms with Gasteiger partial charge in [-0.1, -0.05) is 19.1 Å². The maximum Gasteiger partial charge on any atom is 0.230 e. The van der Waals surface area contributed by atoms with Crippen molar-refractivity contribution in [2.45, 2.75) is 43.1 Å². The quantitative estimate of drug-likeness (QED) is 0.260. The van der Waals surface area contributed by atoms with Crippen LogP contribution in [0.3, 0.4) is 0 Å². The second kappa shape index (κ2) is 6.36. The maximum absolute atomic E-state index is 13.3. The molecule has 0 bridgehead atoms. The summed E-state index contributed by atoms with van der Waals surface area (Å²) in [4.78, 5) is 38.3. The second-order valence-electron chi connectivity index (χ2n) is 8.94. The Morgan fingerprint density at radius 1 is 1.16 bits per heavy atom. The van der Waals surface area contributed by atoms with E-state index < -0.39 is 75.8 Å². The van der Waals surface area contributed by atoms with E-state index >= 15 is 0 Å². The van der Waals surface area contributed by atoms with Crippen LogP contribution >= 0.6 is 0 Å². The van der Waals surface area contributed by atoms with Gasteiger partial charge in [-0.15, -0.1) is 0 Å². The normalized spacial score (nSPS) is 42.0. The van der Waals surface area contributed by atoms with Crippen molar-refractivity contribution in [2.75, 3.05) is 0 Å². The van der Waals surface area contributed by atoms with E-state index in [2.05, 4.69) is 0 Å². The van der Waals surface area contributed by atoms with Crippen LogP contribution in [0.15, 0.2) is 29.5 Å². The van der Waals surface area contributed by atoms with E-state index in [-0.39, 0.29) is 11.3 Å². The van der Waals surface area contributed by atoms with Crippen LogP contribution in [0.2, 0.25) is 0 Å². The fourth-order valence-electron chi connectivity index (χ4n) is 5.75. The molecule has 1 saturated carbocycles. The lowest BCUT2D eigenvalue weighted by Crippen LogP contribution is -2.78. The van der Waals surface area contributed by atoms with Crippen LogP contribution in [0, 0.1) is 17.8 Å². The first kappa shape index (κ1) is 21.4. The molecule has 0 saturated heterocycles. The number of hydrogen-bond donors (Lipinski definition) is 7. The third kappa shape index (κ3) is 2.38. The Morgan fingerprint density at radius 3 is 2.35 bits per heavy atom. The van der Waals surface area contributed by atoms with Crippen molar-refractivity contribution in [3.63, 3.8) is 0 Å². The van der Waals surface area contributed by atoms with Crippen LogP contribution in [-0.4, -0.2) is 66.4 Å². The first-order valence-corrected chi connectivity index (χ1v) is 9.80. The smallest absolute Gasteiger partial charge is 0.230 e. The van der Waals surface area contributed by atoms with Crippen LogP contribution in [0.4, 0.5) is 0 Å². The topological polar surface area (TPSA) is 204 Å². The number of benzene rings is 1. The van der Waals surface area contributed by atoms with Gasteiger partial charge < -0.3 is 37.0 Å². The lowest BCUT2D eigenvalue weighted by molar-refractivity contribution is -0.196. The molecular formula is C21H24N2O8. The number of Topliss-reactive ketones (excluding diaryl/α,β-unsaturated/α-hetero) is 2. The summed E-state index contributed by atoms with van der Waals surface area (Å²) in [6, 6.07) is 4.39. The summed E-state index contributed by atoms with van der Waals surface area (Å²) < 4.78 is 0. The van der Waals surface area contributed by atoms with Crippen LogP contribution in [0.1, 0.15) is 35.7 Å². The fourth-order valence-corrected chi connectivity index (χ4v) is 5.75. The van der Waals surface area contributed by atoms with Gasteiger partial charge in [0.15, 0.2) is 17.2 Å². The summed E-state index contributed by atoms with van der Waals surface area (Å²) in [7, 11) is 0. The molecule has 0 heterocycles. The molecule has 1 aromatic rings. The Balaban J connectivity index is 2.04. The van der Waals surface area contributed by atoms with Crippen LogP contribution in [0.25, 0.3) is 0 Å². The highest BCUT2D eigenvalue weighted by Gasteiger charge is 2.71. The SMILES string of the molecule is CC1c2cccc(O)c2C(=O)C2=C(O)C3(O)C(=O)C(C(N)=O)C(O)[C@@](C)(N)C3C(O)C21. The third-order valence-electron chi connectivity index (χ3n) is 7.27. The summed E-state index contributed by atoms with van der Waals surface area (Å²) in [6.07, 6.45) is -3.51. The first-order valence-electron chi connectivity index (χ1n) is 9.80. The van der Waals surface area contributed by atoms with E-state index in [1.165, 1.54) is 19.1 Å². The number of rotatable bonds is 1. The van der Waals surface area contributed by atoms with Crippen molar-refractivity contribution >= 4 is 17.5 Å². The minimum atomic E-state index is -2.94. The number of carbonyl (C=O) groups is 3. The number of aromatic hydroxyl groups is 1. The van der Waals surface area contributed by atoms with Crippen LogP contribution in [-0.2, 0) is 9.59 Å². The number of aliphatic hydroxyl groups excluding tert-OH is 3. The van der Waals surface area contributed by atoms with E-state index in [9.17, 15) is 39.9 Å². The highest BCUT2D eigenvalue weighted by molar-refractivity contribution is 6.16. The van der Waals surface area contributed by atoms with Crippen molar-refractivity contribution in [1.82, 2.24) is 0 Å². The van der Waals surface area contributed by atoms with Gasteiger partial charge in [0.05, 0.1) is 17.8 Å². The van der Waals surface area contributed by atoms with Gasteiger partial charge in [-0.25, -0.2) is 0 Å². The van der Waals surface area contributed by atoms with Gasteiger partial charge in [-0.2, -0.15) is 0 Å². The van der Waals surface area contributed by atoms with Crippen molar-refractivity contribution in [2.24, 2.45) is 29.2 Å². The fraction of sp³-hybridized carbons (Fsp3) is 0.476. The van der Waals surface area contributed by atoms with Gasteiger partial charge in [0, 0.05) is 22.9 Å². The molecule has 1 aromatic carbocycles. The molecule has 31 heavy (non-hydrogen) atoms. The zero-order valence-corrected chi connectivity index (χ0v) is 16.8. The van der Waals surface area contributed by atoms with Crippen molar-refractivity contribution in [3.05, 3.63) is 40.7 Å². The molecule has 0 aliphatic heterocycles. The lowest BCUT2D eigenvalue weighted by atomic mass is 9.50. The number of amides is 1. The molecule has 1 amide bonds. The number of phenols is 1. The van der Waals surface area contributed by atoms with Crippen LogP contribution < -0.4 is 11.5 Å². The molecule has 7 unspecified atom stereocenters. The molecule has 0 radical (unpaired) electrons. The summed E-state index contributed by atoms with van der Waals surface area (Å²) >= 11 is 0. The zero-order valence-electron chi connectivity index (χ0n) is 16.8. The first-order chi connectivity index (χ1) is 14.3. The number of phenolic OH excluding ortho intramolecular Hbond substituents is 1. The third-order valence-corrected chi connectivity index (χ3v) is 7.27. The predicted molar refractivity (Wildman–Crippen MR) is 105 cm³/mol. The van der Waals surface area contributed by atoms with E-state index in [0.29, 0.717) is 5.56 Å². The number of hydrogen-bond acceptors (Lipinski definition) is 9. The average molecular weight is 432 g/mol. The molecule has 9 N–H and O–H groups in total. The molecule has 0 spiro atoms. The Morgan fingerprint density at radius 2 is 1.77 bits per heavy atom. The molecular weight excluding hydrogens is 408 g/mol. The Kier molecular flexibility index (Phi) is 4.40. The molecule has 3 aliphatic carbocycles. The monoisotopic (exact) mass is 432 g/mol. The van der Waals surface area contributed by atoms with Crippen molar-refractivity contribution < 1.29 is 39.9 Å². The largest absolute Gasteiger partial charge is 0.508 e. The van der Waals surface area contributed by atoms with Crippen LogP contribution in [0.5, 0.6) is 5.75 Å². The highest BCUT2D eigenvalue weighted by atomic mass is 16.4. The number of fused-ring (bicyclic) bond motifs is 3. The van der Waals surface area contributed by atoms with Gasteiger partial charge in [0.2, 0.25) is 5.91 Å². The number of carbonyl (C=O) groups excluding carboxylic acids is 3. The Hall–Kier alpha value is -2.79. The van der Waals surface area contributed by atoms with Gasteiger partial charge in [0.1, 0.15) is 17.4 Å². The predicted octanol–water partition coefficient (Wildman–Crippen LogP) is -1.40. The molecule has 8 atom stereocenters. The molecule has 3 aliphatic rings. The lowest BCUT2D eigenvalue weighted by Gasteiger charge is -2.58. The molecule has 0 aromatic heterocycles. The maximum atomic E-state index is 13.3. The number of ketones is 2. The Bertz CT molecular complexity index is 1060. The van der Waals surface area contributed by atoms with Gasteiger partial charge in [-0.05, 0) is 24.5 Å². The Labute approximate surface area is 176 Å². The minimum absolute atomic E-state index is 0.118. The summed E-state index contributed by atoms with van der Waals surface area (Å²) in [6.45, 7) is 2.88.